The minimum Gasteiger partial charge on any atom is -0.345 e. The van der Waals surface area contributed by atoms with Crippen molar-refractivity contribution in [2.75, 3.05) is 6.54 Å². The molecule has 0 aromatic heterocycles. The van der Waals surface area contributed by atoms with Gasteiger partial charge in [-0.15, -0.1) is 0 Å². The summed E-state index contributed by atoms with van der Waals surface area (Å²) in [6, 6.07) is 0.286. The molecule has 0 aromatic carbocycles. The van der Waals surface area contributed by atoms with Gasteiger partial charge in [-0.1, -0.05) is 26.7 Å². The number of rotatable bonds is 3. The molecule has 0 atom stereocenters. The van der Waals surface area contributed by atoms with Crippen molar-refractivity contribution < 1.29 is 9.59 Å². The Morgan fingerprint density at radius 2 is 1.82 bits per heavy atom. The van der Waals surface area contributed by atoms with E-state index >= 15 is 0 Å². The van der Waals surface area contributed by atoms with Crippen LogP contribution < -0.4 is 5.32 Å². The third-order valence-electron chi connectivity index (χ3n) is 4.41. The van der Waals surface area contributed by atoms with Crippen LogP contribution >= 0.6 is 0 Å². The van der Waals surface area contributed by atoms with E-state index in [9.17, 15) is 9.59 Å². The quantitative estimate of drug-likeness (QED) is 0.809. The van der Waals surface area contributed by atoms with Crippen LogP contribution in [0.4, 0.5) is 0 Å². The van der Waals surface area contributed by atoms with Gasteiger partial charge in [-0.25, -0.2) is 0 Å². The first-order valence-corrected chi connectivity index (χ1v) is 6.76. The van der Waals surface area contributed by atoms with Gasteiger partial charge in [0.15, 0.2) is 0 Å². The van der Waals surface area contributed by atoms with Crippen LogP contribution in [0.1, 0.15) is 52.4 Å². The van der Waals surface area contributed by atoms with E-state index in [4.69, 9.17) is 0 Å². The molecule has 2 fully saturated rings. The van der Waals surface area contributed by atoms with Gasteiger partial charge >= 0.3 is 0 Å². The molecule has 17 heavy (non-hydrogen) atoms. The fourth-order valence-corrected chi connectivity index (χ4v) is 3.38. The Balaban J connectivity index is 2.33. The molecular formula is C13H22N2O2. The summed E-state index contributed by atoms with van der Waals surface area (Å²) in [4.78, 5) is 26.3. The summed E-state index contributed by atoms with van der Waals surface area (Å²) in [5.41, 5.74) is -0.593. The number of nitrogens with zero attached hydrogens (tertiary/aromatic N) is 1. The maximum absolute atomic E-state index is 12.2. The topological polar surface area (TPSA) is 49.4 Å². The van der Waals surface area contributed by atoms with Crippen LogP contribution in [-0.2, 0) is 9.59 Å². The Bertz CT molecular complexity index is 317. The summed E-state index contributed by atoms with van der Waals surface area (Å²) in [7, 11) is 0. The molecule has 4 nitrogen and oxygen atoms in total. The van der Waals surface area contributed by atoms with Crippen LogP contribution in [0.25, 0.3) is 0 Å². The monoisotopic (exact) mass is 238 g/mol. The van der Waals surface area contributed by atoms with Crippen molar-refractivity contribution in [1.82, 2.24) is 10.2 Å². The molecule has 1 heterocycles. The molecule has 2 aliphatic rings. The van der Waals surface area contributed by atoms with Crippen LogP contribution in [0.3, 0.4) is 0 Å². The van der Waals surface area contributed by atoms with Gasteiger partial charge in [0.2, 0.25) is 11.8 Å². The molecule has 1 saturated heterocycles. The molecule has 96 valence electrons. The fourth-order valence-electron chi connectivity index (χ4n) is 3.38. The predicted octanol–water partition coefficient (Wildman–Crippen LogP) is 1.45. The van der Waals surface area contributed by atoms with Gasteiger partial charge in [0.05, 0.1) is 6.54 Å². The summed E-state index contributed by atoms with van der Waals surface area (Å²) >= 11 is 0. The smallest absolute Gasteiger partial charge is 0.246 e. The molecule has 4 heteroatoms. The Morgan fingerprint density at radius 3 is 2.35 bits per heavy atom. The van der Waals surface area contributed by atoms with Crippen molar-refractivity contribution in [3.8, 4) is 0 Å². The second kappa shape index (κ2) is 4.67. The molecule has 0 bridgehead atoms. The first-order valence-electron chi connectivity index (χ1n) is 6.76. The number of carbonyl (C=O) groups is 2. The summed E-state index contributed by atoms with van der Waals surface area (Å²) in [5, 5.41) is 2.75. The minimum absolute atomic E-state index is 0.0361. The fraction of sp³-hybridized carbons (Fsp3) is 0.846. The van der Waals surface area contributed by atoms with Crippen molar-refractivity contribution in [3.63, 3.8) is 0 Å². The maximum Gasteiger partial charge on any atom is 0.246 e. The first-order chi connectivity index (χ1) is 8.15. The van der Waals surface area contributed by atoms with E-state index in [-0.39, 0.29) is 24.4 Å². The number of amides is 2. The lowest BCUT2D eigenvalue weighted by molar-refractivity contribution is -0.158. The lowest BCUT2D eigenvalue weighted by Gasteiger charge is -2.48. The highest BCUT2D eigenvalue weighted by molar-refractivity contribution is 5.98. The molecule has 0 spiro atoms. The summed E-state index contributed by atoms with van der Waals surface area (Å²) in [5.74, 6) is 0.134. The number of carbonyl (C=O) groups excluding carboxylic acids is 2. The summed E-state index contributed by atoms with van der Waals surface area (Å²) < 4.78 is 0. The normalized spacial score (nSPS) is 25.2. The van der Waals surface area contributed by atoms with Crippen molar-refractivity contribution >= 4 is 11.8 Å². The predicted molar refractivity (Wildman–Crippen MR) is 65.4 cm³/mol. The highest BCUT2D eigenvalue weighted by atomic mass is 16.2. The lowest BCUT2D eigenvalue weighted by atomic mass is 9.85. The molecule has 1 aliphatic carbocycles. The van der Waals surface area contributed by atoms with E-state index in [0.29, 0.717) is 12.8 Å². The van der Waals surface area contributed by atoms with Crippen molar-refractivity contribution in [2.45, 2.75) is 64.0 Å². The molecule has 1 saturated carbocycles. The summed E-state index contributed by atoms with van der Waals surface area (Å²) in [6.07, 6.45) is 5.88. The molecule has 2 amide bonds. The van der Waals surface area contributed by atoms with Crippen molar-refractivity contribution in [2.24, 2.45) is 0 Å². The molecule has 2 rings (SSSR count). The summed E-state index contributed by atoms with van der Waals surface area (Å²) in [6.45, 7) is 4.18. The molecule has 1 N–H and O–H groups in total. The highest BCUT2D eigenvalue weighted by Crippen LogP contribution is 2.35. The molecule has 1 aliphatic heterocycles. The highest BCUT2D eigenvalue weighted by Gasteiger charge is 2.49. The Labute approximate surface area is 103 Å². The number of hydrogen-bond acceptors (Lipinski definition) is 2. The second-order valence-electron chi connectivity index (χ2n) is 5.12. The average Bonchev–Trinajstić information content (AvgIpc) is 2.85. The van der Waals surface area contributed by atoms with E-state index in [1.54, 1.807) is 0 Å². The van der Waals surface area contributed by atoms with Gasteiger partial charge < -0.3 is 10.2 Å². The van der Waals surface area contributed by atoms with Crippen molar-refractivity contribution in [1.29, 1.82) is 0 Å². The van der Waals surface area contributed by atoms with Crippen LogP contribution in [0.2, 0.25) is 0 Å². The van der Waals surface area contributed by atoms with Gasteiger partial charge in [0, 0.05) is 6.04 Å². The van der Waals surface area contributed by atoms with E-state index in [1.807, 2.05) is 18.7 Å². The Kier molecular flexibility index (Phi) is 3.40. The Hall–Kier alpha value is -1.06. The van der Waals surface area contributed by atoms with Gasteiger partial charge in [0.1, 0.15) is 5.54 Å². The zero-order chi connectivity index (χ0) is 12.5. The molecule has 0 radical (unpaired) electrons. The third-order valence-corrected chi connectivity index (χ3v) is 4.41. The van der Waals surface area contributed by atoms with E-state index in [0.717, 1.165) is 12.8 Å². The SMILES string of the molecule is CCC1(CC)C(=O)NCC(=O)N1C1CCCC1. The van der Waals surface area contributed by atoms with Gasteiger partial charge in [0.25, 0.3) is 0 Å². The first kappa shape index (κ1) is 12.4. The minimum atomic E-state index is -0.593. The van der Waals surface area contributed by atoms with E-state index in [1.165, 1.54) is 12.8 Å². The zero-order valence-corrected chi connectivity index (χ0v) is 10.8. The lowest BCUT2D eigenvalue weighted by Crippen LogP contribution is -2.68. The molecule has 0 aromatic rings. The van der Waals surface area contributed by atoms with Crippen LogP contribution in [0.15, 0.2) is 0 Å². The number of piperazine rings is 1. The number of nitrogens with one attached hydrogen (secondary N) is 1. The van der Waals surface area contributed by atoms with Gasteiger partial charge in [-0.3, -0.25) is 9.59 Å². The molecule has 0 unspecified atom stereocenters. The Morgan fingerprint density at radius 1 is 1.24 bits per heavy atom. The third kappa shape index (κ3) is 1.83. The van der Waals surface area contributed by atoms with Crippen LogP contribution in [-0.4, -0.2) is 34.8 Å². The second-order valence-corrected chi connectivity index (χ2v) is 5.12. The number of hydrogen-bond donors (Lipinski definition) is 1. The zero-order valence-electron chi connectivity index (χ0n) is 10.8. The standard InChI is InChI=1S/C13H22N2O2/c1-3-13(4-2)12(17)14-9-11(16)15(13)10-7-5-6-8-10/h10H,3-9H2,1-2H3,(H,14,17). The van der Waals surface area contributed by atoms with E-state index in [2.05, 4.69) is 5.32 Å². The van der Waals surface area contributed by atoms with Crippen LogP contribution in [0.5, 0.6) is 0 Å². The molecular weight excluding hydrogens is 216 g/mol. The van der Waals surface area contributed by atoms with Crippen molar-refractivity contribution in [3.05, 3.63) is 0 Å². The maximum atomic E-state index is 12.2. The van der Waals surface area contributed by atoms with Gasteiger partial charge in [-0.2, -0.15) is 0 Å². The van der Waals surface area contributed by atoms with Crippen LogP contribution in [0, 0.1) is 0 Å². The average molecular weight is 238 g/mol. The largest absolute Gasteiger partial charge is 0.345 e. The van der Waals surface area contributed by atoms with E-state index < -0.39 is 5.54 Å². The van der Waals surface area contributed by atoms with Gasteiger partial charge in [-0.05, 0) is 25.7 Å².